The summed E-state index contributed by atoms with van der Waals surface area (Å²) in [6.07, 6.45) is -1.01. The van der Waals surface area contributed by atoms with Crippen LogP contribution in [0.25, 0.3) is 0 Å². The molecule has 5 unspecified atom stereocenters. The Hall–Kier alpha value is -2.87. The Labute approximate surface area is 190 Å². The van der Waals surface area contributed by atoms with Crippen molar-refractivity contribution in [2.24, 2.45) is 17.4 Å². The second-order valence-corrected chi connectivity index (χ2v) is 7.59. The first-order chi connectivity index (χ1) is 14.8. The summed E-state index contributed by atoms with van der Waals surface area (Å²) in [7, 11) is 0. The van der Waals surface area contributed by atoms with Gasteiger partial charge in [-0.2, -0.15) is 12.6 Å². The lowest BCUT2D eigenvalue weighted by molar-refractivity contribution is -0.144. The Morgan fingerprint density at radius 3 is 1.94 bits per heavy atom. The summed E-state index contributed by atoms with van der Waals surface area (Å²) in [6.45, 7) is 3.35. The van der Waals surface area contributed by atoms with Gasteiger partial charge in [-0.1, -0.05) is 20.3 Å². The predicted octanol–water partition coefficient (Wildman–Crippen LogP) is -2.43. The molecule has 0 aliphatic rings. The maximum absolute atomic E-state index is 12.7. The van der Waals surface area contributed by atoms with Crippen LogP contribution < -0.4 is 27.4 Å². The van der Waals surface area contributed by atoms with Crippen LogP contribution in [0.2, 0.25) is 0 Å². The molecule has 32 heavy (non-hydrogen) atoms. The maximum atomic E-state index is 12.7. The van der Waals surface area contributed by atoms with E-state index in [9.17, 15) is 33.9 Å². The minimum atomic E-state index is -1.49. The van der Waals surface area contributed by atoms with Gasteiger partial charge in [-0.3, -0.25) is 24.0 Å². The van der Waals surface area contributed by atoms with E-state index in [4.69, 9.17) is 16.6 Å². The first kappa shape index (κ1) is 29.1. The number of aliphatic carboxylic acids is 2. The highest BCUT2D eigenvalue weighted by Gasteiger charge is 2.33. The van der Waals surface area contributed by atoms with E-state index < -0.39 is 78.5 Å². The molecule has 0 aromatic rings. The number of thiol groups is 1. The van der Waals surface area contributed by atoms with E-state index in [2.05, 4.69) is 28.6 Å². The molecule has 182 valence electrons. The van der Waals surface area contributed by atoms with Crippen LogP contribution in [0.4, 0.5) is 0 Å². The van der Waals surface area contributed by atoms with Gasteiger partial charge in [0, 0.05) is 12.2 Å². The highest BCUT2D eigenvalue weighted by molar-refractivity contribution is 7.80. The summed E-state index contributed by atoms with van der Waals surface area (Å²) in [6, 6.07) is -5.20. The van der Waals surface area contributed by atoms with E-state index in [1.54, 1.807) is 13.8 Å². The van der Waals surface area contributed by atoms with Crippen molar-refractivity contribution in [2.45, 2.75) is 63.7 Å². The zero-order valence-electron chi connectivity index (χ0n) is 17.9. The van der Waals surface area contributed by atoms with Gasteiger partial charge in [-0.05, 0) is 12.3 Å². The number of carboxylic acid groups (broad SMARTS) is 2. The normalized spacial score (nSPS) is 15.4. The van der Waals surface area contributed by atoms with Gasteiger partial charge < -0.3 is 37.6 Å². The van der Waals surface area contributed by atoms with Crippen LogP contribution in [-0.4, -0.2) is 75.7 Å². The van der Waals surface area contributed by atoms with Gasteiger partial charge in [0.25, 0.3) is 0 Å². The summed E-state index contributed by atoms with van der Waals surface area (Å²) in [5.74, 6) is -6.59. The molecule has 0 aromatic heterocycles. The number of hydrogen-bond donors (Lipinski definition) is 8. The van der Waals surface area contributed by atoms with Crippen molar-refractivity contribution in [2.75, 3.05) is 5.75 Å². The van der Waals surface area contributed by atoms with Gasteiger partial charge in [0.2, 0.25) is 23.6 Å². The second kappa shape index (κ2) is 14.2. The number of primary amides is 1. The molecule has 0 heterocycles. The van der Waals surface area contributed by atoms with E-state index >= 15 is 0 Å². The fourth-order valence-electron chi connectivity index (χ4n) is 2.51. The maximum Gasteiger partial charge on any atom is 0.326 e. The van der Waals surface area contributed by atoms with E-state index in [0.29, 0.717) is 6.42 Å². The van der Waals surface area contributed by atoms with Crippen LogP contribution in [-0.2, 0) is 28.8 Å². The van der Waals surface area contributed by atoms with E-state index in [1.165, 1.54) is 0 Å². The minimum Gasteiger partial charge on any atom is -0.481 e. The van der Waals surface area contributed by atoms with Crippen LogP contribution in [0.3, 0.4) is 0 Å². The van der Waals surface area contributed by atoms with Crippen molar-refractivity contribution < 1.29 is 39.0 Å². The summed E-state index contributed by atoms with van der Waals surface area (Å²) < 4.78 is 0. The van der Waals surface area contributed by atoms with Gasteiger partial charge >= 0.3 is 11.9 Å². The molecule has 0 bridgehead atoms. The molecule has 5 atom stereocenters. The molecule has 0 saturated heterocycles. The van der Waals surface area contributed by atoms with Crippen molar-refractivity contribution in [1.29, 1.82) is 0 Å². The number of carboxylic acids is 2. The van der Waals surface area contributed by atoms with Crippen LogP contribution in [0, 0.1) is 5.92 Å². The molecule has 0 aromatic carbocycles. The van der Waals surface area contributed by atoms with Crippen LogP contribution >= 0.6 is 12.6 Å². The van der Waals surface area contributed by atoms with Crippen molar-refractivity contribution in [1.82, 2.24) is 16.0 Å². The Morgan fingerprint density at radius 2 is 1.50 bits per heavy atom. The van der Waals surface area contributed by atoms with E-state index in [-0.39, 0.29) is 12.2 Å². The fraction of sp³-hybridized carbons (Fsp3) is 0.667. The summed E-state index contributed by atoms with van der Waals surface area (Å²) >= 11 is 3.88. The molecule has 0 radical (unpaired) electrons. The number of nitrogens with two attached hydrogens (primary N) is 2. The number of amides is 4. The average molecular weight is 478 g/mol. The smallest absolute Gasteiger partial charge is 0.326 e. The molecular weight excluding hydrogens is 446 g/mol. The third-order valence-corrected chi connectivity index (χ3v) is 5.02. The van der Waals surface area contributed by atoms with Crippen LogP contribution in [0.1, 0.15) is 39.5 Å². The lowest BCUT2D eigenvalue weighted by Crippen LogP contribution is -2.59. The standard InChI is InChI=1S/C18H31N5O8S/c1-3-8(2)14(17(29)21-10(18(30)31)4-5-13(25)26)23-16(28)11(6-12(20)24)22-15(27)9(19)7-32/h8-11,14,32H,3-7,19H2,1-2H3,(H2,20,24)(H,21,29)(H,22,27)(H,23,28)(H,25,26)(H,30,31). The first-order valence-corrected chi connectivity index (χ1v) is 10.5. The number of rotatable bonds is 15. The zero-order valence-corrected chi connectivity index (χ0v) is 18.8. The summed E-state index contributed by atoms with van der Waals surface area (Å²) in [5.41, 5.74) is 10.7. The Kier molecular flexibility index (Phi) is 13.0. The fourth-order valence-corrected chi connectivity index (χ4v) is 2.68. The van der Waals surface area contributed by atoms with Crippen molar-refractivity contribution in [3.63, 3.8) is 0 Å². The molecule has 0 saturated carbocycles. The lowest BCUT2D eigenvalue weighted by Gasteiger charge is -2.27. The van der Waals surface area contributed by atoms with E-state index in [0.717, 1.165) is 0 Å². The molecule has 14 heteroatoms. The molecule has 0 fully saturated rings. The van der Waals surface area contributed by atoms with Crippen molar-refractivity contribution in [3.8, 4) is 0 Å². The van der Waals surface area contributed by atoms with Crippen molar-refractivity contribution in [3.05, 3.63) is 0 Å². The number of carbonyl (C=O) groups excluding carboxylic acids is 4. The Morgan fingerprint density at radius 1 is 0.938 bits per heavy atom. The van der Waals surface area contributed by atoms with Crippen molar-refractivity contribution >= 4 is 48.2 Å². The molecule has 0 aliphatic carbocycles. The number of hydrogen-bond acceptors (Lipinski definition) is 8. The topological polar surface area (TPSA) is 231 Å². The van der Waals surface area contributed by atoms with Gasteiger partial charge in [-0.25, -0.2) is 4.79 Å². The SMILES string of the molecule is CCC(C)C(NC(=O)C(CC(N)=O)NC(=O)C(N)CS)C(=O)NC(CCC(=O)O)C(=O)O. The van der Waals surface area contributed by atoms with E-state index in [1.807, 2.05) is 0 Å². The second-order valence-electron chi connectivity index (χ2n) is 7.22. The molecule has 0 spiro atoms. The highest BCUT2D eigenvalue weighted by atomic mass is 32.1. The summed E-state index contributed by atoms with van der Waals surface area (Å²) in [5, 5.41) is 24.9. The van der Waals surface area contributed by atoms with Gasteiger partial charge in [0.1, 0.15) is 18.1 Å². The lowest BCUT2D eigenvalue weighted by atomic mass is 9.97. The van der Waals surface area contributed by atoms with Gasteiger partial charge in [-0.15, -0.1) is 0 Å². The summed E-state index contributed by atoms with van der Waals surface area (Å²) in [4.78, 5) is 70.9. The van der Waals surface area contributed by atoms with Crippen LogP contribution in [0.15, 0.2) is 0 Å². The largest absolute Gasteiger partial charge is 0.481 e. The van der Waals surface area contributed by atoms with Gasteiger partial charge in [0.05, 0.1) is 12.5 Å². The first-order valence-electron chi connectivity index (χ1n) is 9.84. The zero-order chi connectivity index (χ0) is 25.0. The third kappa shape index (κ3) is 10.4. The number of nitrogens with one attached hydrogen (secondary N) is 3. The molecule has 0 rings (SSSR count). The molecule has 13 nitrogen and oxygen atoms in total. The quantitative estimate of drug-likeness (QED) is 0.117. The molecule has 4 amide bonds. The van der Waals surface area contributed by atoms with Crippen LogP contribution in [0.5, 0.6) is 0 Å². The minimum absolute atomic E-state index is 0.0262. The predicted molar refractivity (Wildman–Crippen MR) is 115 cm³/mol. The third-order valence-electron chi connectivity index (χ3n) is 4.63. The Balaban J connectivity index is 5.54. The molecule has 9 N–H and O–H groups in total. The highest BCUT2D eigenvalue weighted by Crippen LogP contribution is 2.10. The number of carbonyl (C=O) groups is 6. The Bertz CT molecular complexity index is 719. The molecule has 0 aliphatic heterocycles. The monoisotopic (exact) mass is 477 g/mol. The average Bonchev–Trinajstić information content (AvgIpc) is 2.71. The molecular formula is C18H31N5O8S. The van der Waals surface area contributed by atoms with Gasteiger partial charge in [0.15, 0.2) is 0 Å².